The molecule has 0 bridgehead atoms. The van der Waals surface area contributed by atoms with Crippen molar-refractivity contribution in [1.29, 1.82) is 0 Å². The van der Waals surface area contributed by atoms with Crippen LogP contribution in [0.3, 0.4) is 0 Å². The third kappa shape index (κ3) is 3.04. The number of rotatable bonds is 4. The summed E-state index contributed by atoms with van der Waals surface area (Å²) in [4.78, 5) is 8.66. The number of hydrogen-bond acceptors (Lipinski definition) is 5. The normalized spacial score (nSPS) is 10.4. The van der Waals surface area contributed by atoms with Crippen LogP contribution in [0.25, 0.3) is 0 Å². The highest BCUT2D eigenvalue weighted by Gasteiger charge is 2.08. The van der Waals surface area contributed by atoms with Crippen molar-refractivity contribution in [3.05, 3.63) is 32.2 Å². The van der Waals surface area contributed by atoms with Gasteiger partial charge in [0.2, 0.25) is 0 Å². The minimum atomic E-state index is 0.492. The van der Waals surface area contributed by atoms with E-state index < -0.39 is 0 Å². The molecule has 0 amide bonds. The molecule has 0 radical (unpaired) electrons. The Morgan fingerprint density at radius 1 is 1.22 bits per heavy atom. The Balaban J connectivity index is 2.13. The van der Waals surface area contributed by atoms with Gasteiger partial charge >= 0.3 is 0 Å². The maximum atomic E-state index is 6.07. The second kappa shape index (κ2) is 5.73. The Hall–Kier alpha value is -1.04. The van der Waals surface area contributed by atoms with Crippen LogP contribution in [-0.2, 0) is 6.54 Å². The van der Waals surface area contributed by atoms with Gasteiger partial charge in [0.1, 0.15) is 11.6 Å². The maximum Gasteiger partial charge on any atom is 0.147 e. The molecule has 18 heavy (non-hydrogen) atoms. The van der Waals surface area contributed by atoms with Gasteiger partial charge in [-0.05, 0) is 13.0 Å². The lowest BCUT2D eigenvalue weighted by molar-refractivity contribution is 1.04. The highest BCUT2D eigenvalue weighted by molar-refractivity contribution is 7.09. The van der Waals surface area contributed by atoms with Crippen LogP contribution in [0.4, 0.5) is 11.6 Å². The zero-order valence-electron chi connectivity index (χ0n) is 9.92. The molecule has 2 heterocycles. The van der Waals surface area contributed by atoms with Crippen LogP contribution in [0.2, 0.25) is 10.0 Å². The first-order chi connectivity index (χ1) is 8.60. The standard InChI is InChI=1S/C11H12Cl2N4S/c1-6-16-7(5-18-6)4-15-11-9(13)3-8(12)10(14-2)17-11/h3,5H,4H2,1-2H3,(H2,14,15,17). The molecule has 2 aromatic rings. The van der Waals surface area contributed by atoms with Gasteiger partial charge in [0.05, 0.1) is 27.3 Å². The van der Waals surface area contributed by atoms with E-state index in [-0.39, 0.29) is 0 Å². The summed E-state index contributed by atoms with van der Waals surface area (Å²) < 4.78 is 0. The molecule has 0 atom stereocenters. The summed E-state index contributed by atoms with van der Waals surface area (Å²) in [5.74, 6) is 1.19. The van der Waals surface area contributed by atoms with Crippen molar-refractivity contribution >= 4 is 46.2 Å². The van der Waals surface area contributed by atoms with Crippen molar-refractivity contribution in [2.45, 2.75) is 13.5 Å². The molecule has 0 aliphatic carbocycles. The van der Waals surface area contributed by atoms with Gasteiger partial charge in [0.15, 0.2) is 0 Å². The van der Waals surface area contributed by atoms with Gasteiger partial charge in [-0.25, -0.2) is 9.97 Å². The highest BCUT2D eigenvalue weighted by Crippen LogP contribution is 2.29. The second-order valence-electron chi connectivity index (χ2n) is 3.61. The van der Waals surface area contributed by atoms with Crippen LogP contribution in [0.15, 0.2) is 11.4 Å². The Morgan fingerprint density at radius 2 is 1.94 bits per heavy atom. The Kier molecular flexibility index (Phi) is 4.27. The first-order valence-electron chi connectivity index (χ1n) is 5.29. The average molecular weight is 303 g/mol. The molecule has 7 heteroatoms. The summed E-state index contributed by atoms with van der Waals surface area (Å²) in [6, 6.07) is 1.66. The molecule has 0 aromatic carbocycles. The number of nitrogens with zero attached hydrogens (tertiary/aromatic N) is 2. The number of halogens is 2. The van der Waals surface area contributed by atoms with Crippen molar-refractivity contribution in [2.75, 3.05) is 17.7 Å². The number of hydrogen-bond donors (Lipinski definition) is 2. The van der Waals surface area contributed by atoms with E-state index in [9.17, 15) is 0 Å². The van der Waals surface area contributed by atoms with Gasteiger partial charge in [0, 0.05) is 12.4 Å². The second-order valence-corrected chi connectivity index (χ2v) is 5.49. The van der Waals surface area contributed by atoms with Crippen LogP contribution >= 0.6 is 34.5 Å². The van der Waals surface area contributed by atoms with Crippen LogP contribution in [-0.4, -0.2) is 17.0 Å². The molecule has 0 spiro atoms. The van der Waals surface area contributed by atoms with Gasteiger partial charge in [-0.3, -0.25) is 0 Å². The lowest BCUT2D eigenvalue weighted by Crippen LogP contribution is -2.04. The number of anilines is 2. The molecule has 0 saturated heterocycles. The third-order valence-corrected chi connectivity index (χ3v) is 3.67. The zero-order valence-corrected chi connectivity index (χ0v) is 12.2. The van der Waals surface area contributed by atoms with Crippen LogP contribution in [0, 0.1) is 6.92 Å². The van der Waals surface area contributed by atoms with E-state index in [1.54, 1.807) is 24.5 Å². The molecule has 0 unspecified atom stereocenters. The molecule has 2 rings (SSSR count). The third-order valence-electron chi connectivity index (χ3n) is 2.27. The Bertz CT molecular complexity index is 556. The van der Waals surface area contributed by atoms with Crippen molar-refractivity contribution in [2.24, 2.45) is 0 Å². The molecule has 96 valence electrons. The lowest BCUT2D eigenvalue weighted by Gasteiger charge is -2.09. The summed E-state index contributed by atoms with van der Waals surface area (Å²) in [6.45, 7) is 2.56. The smallest absolute Gasteiger partial charge is 0.147 e. The van der Waals surface area contributed by atoms with E-state index in [4.69, 9.17) is 23.2 Å². The summed E-state index contributed by atoms with van der Waals surface area (Å²) in [6.07, 6.45) is 0. The predicted octanol–water partition coefficient (Wildman–Crippen LogP) is 3.81. The molecule has 0 saturated carbocycles. The number of aryl methyl sites for hydroxylation is 1. The van der Waals surface area contributed by atoms with Gasteiger partial charge < -0.3 is 10.6 Å². The maximum absolute atomic E-state index is 6.07. The first kappa shape index (κ1) is 13.4. The number of aromatic nitrogens is 2. The Morgan fingerprint density at radius 3 is 2.56 bits per heavy atom. The van der Waals surface area contributed by atoms with Crippen molar-refractivity contribution < 1.29 is 0 Å². The van der Waals surface area contributed by atoms with Gasteiger partial charge in [-0.15, -0.1) is 11.3 Å². The molecule has 0 aliphatic rings. The minimum Gasteiger partial charge on any atom is -0.372 e. The van der Waals surface area contributed by atoms with E-state index in [1.165, 1.54) is 0 Å². The monoisotopic (exact) mass is 302 g/mol. The largest absolute Gasteiger partial charge is 0.372 e. The number of thiazole rings is 1. The quantitative estimate of drug-likeness (QED) is 0.902. The topological polar surface area (TPSA) is 49.8 Å². The molecule has 0 aliphatic heterocycles. The zero-order chi connectivity index (χ0) is 13.1. The summed E-state index contributed by atoms with van der Waals surface area (Å²) in [5.41, 5.74) is 0.969. The van der Waals surface area contributed by atoms with E-state index in [0.717, 1.165) is 10.7 Å². The lowest BCUT2D eigenvalue weighted by atomic mass is 10.4. The summed E-state index contributed by atoms with van der Waals surface area (Å²) in [7, 11) is 1.76. The number of pyridine rings is 1. The van der Waals surface area contributed by atoms with Crippen LogP contribution in [0.5, 0.6) is 0 Å². The highest BCUT2D eigenvalue weighted by atomic mass is 35.5. The molecular weight excluding hydrogens is 291 g/mol. The fourth-order valence-corrected chi connectivity index (χ4v) is 2.56. The fourth-order valence-electron chi connectivity index (χ4n) is 1.43. The number of nitrogens with one attached hydrogen (secondary N) is 2. The molecule has 2 N–H and O–H groups in total. The van der Waals surface area contributed by atoms with Crippen molar-refractivity contribution in [3.8, 4) is 0 Å². The SMILES string of the molecule is CNc1nc(NCc2csc(C)n2)c(Cl)cc1Cl. The molecule has 4 nitrogen and oxygen atoms in total. The van der Waals surface area contributed by atoms with Crippen molar-refractivity contribution in [3.63, 3.8) is 0 Å². The minimum absolute atomic E-state index is 0.492. The first-order valence-corrected chi connectivity index (χ1v) is 6.92. The average Bonchev–Trinajstić information content (AvgIpc) is 2.74. The Labute approximate surface area is 119 Å². The van der Waals surface area contributed by atoms with E-state index in [2.05, 4.69) is 20.6 Å². The van der Waals surface area contributed by atoms with Gasteiger partial charge in [-0.2, -0.15) is 0 Å². The van der Waals surface area contributed by atoms with E-state index in [0.29, 0.717) is 28.2 Å². The van der Waals surface area contributed by atoms with Gasteiger partial charge in [-0.1, -0.05) is 23.2 Å². The summed E-state index contributed by atoms with van der Waals surface area (Å²) in [5, 5.41) is 10.1. The summed E-state index contributed by atoms with van der Waals surface area (Å²) >= 11 is 13.7. The van der Waals surface area contributed by atoms with E-state index >= 15 is 0 Å². The molecule has 2 aromatic heterocycles. The van der Waals surface area contributed by atoms with Gasteiger partial charge in [0.25, 0.3) is 0 Å². The predicted molar refractivity (Wildman–Crippen MR) is 78.0 cm³/mol. The van der Waals surface area contributed by atoms with Crippen LogP contribution in [0.1, 0.15) is 10.7 Å². The fraction of sp³-hybridized carbons (Fsp3) is 0.273. The van der Waals surface area contributed by atoms with E-state index in [1.807, 2.05) is 12.3 Å². The molecule has 0 fully saturated rings. The van der Waals surface area contributed by atoms with Crippen molar-refractivity contribution in [1.82, 2.24) is 9.97 Å². The molecular formula is C11H12Cl2N4S. The van der Waals surface area contributed by atoms with Crippen LogP contribution < -0.4 is 10.6 Å².